The minimum atomic E-state index is 0.439. The van der Waals surface area contributed by atoms with Gasteiger partial charge in [0.2, 0.25) is 0 Å². The molecule has 1 unspecified atom stereocenters. The molecule has 1 atom stereocenters. The number of hydrogen-bond donors (Lipinski definition) is 2. The second-order valence-corrected chi connectivity index (χ2v) is 5.34. The molecule has 0 aliphatic carbocycles. The van der Waals surface area contributed by atoms with Crippen molar-refractivity contribution in [2.75, 3.05) is 13.6 Å². The first-order valence-electron chi connectivity index (χ1n) is 7.68. The van der Waals surface area contributed by atoms with Crippen LogP contribution in [0.15, 0.2) is 47.5 Å². The van der Waals surface area contributed by atoms with Crippen LogP contribution in [0.5, 0.6) is 0 Å². The van der Waals surface area contributed by atoms with Crippen LogP contribution in [0.4, 0.5) is 0 Å². The third-order valence-corrected chi connectivity index (χ3v) is 3.79. The molecular formula is C18H25N3. The minimum Gasteiger partial charge on any atom is -0.356 e. The van der Waals surface area contributed by atoms with E-state index in [-0.39, 0.29) is 0 Å². The summed E-state index contributed by atoms with van der Waals surface area (Å²) in [6.07, 6.45) is 2.08. The van der Waals surface area contributed by atoms with Crippen molar-refractivity contribution in [1.29, 1.82) is 0 Å². The third-order valence-electron chi connectivity index (χ3n) is 3.79. The molecule has 2 N–H and O–H groups in total. The molecule has 0 radical (unpaired) electrons. The van der Waals surface area contributed by atoms with Crippen molar-refractivity contribution in [3.8, 4) is 0 Å². The Kier molecular flexibility index (Phi) is 5.61. The summed E-state index contributed by atoms with van der Waals surface area (Å²) in [4.78, 5) is 4.26. The quantitative estimate of drug-likeness (QED) is 0.652. The maximum Gasteiger partial charge on any atom is 0.191 e. The number of nitrogens with one attached hydrogen (secondary N) is 2. The van der Waals surface area contributed by atoms with E-state index < -0.39 is 0 Å². The van der Waals surface area contributed by atoms with E-state index in [2.05, 4.69) is 71.9 Å². The van der Waals surface area contributed by atoms with Gasteiger partial charge in [0.15, 0.2) is 5.96 Å². The molecule has 0 bridgehead atoms. The molecule has 0 saturated carbocycles. The van der Waals surface area contributed by atoms with E-state index in [9.17, 15) is 0 Å². The highest BCUT2D eigenvalue weighted by atomic mass is 15.2. The first-order valence-corrected chi connectivity index (χ1v) is 7.68. The topological polar surface area (TPSA) is 36.4 Å². The number of aliphatic imine (C=N–C) groups is 1. The fraction of sp³-hybridized carbons (Fsp3) is 0.389. The summed E-state index contributed by atoms with van der Waals surface area (Å²) < 4.78 is 0. The summed E-state index contributed by atoms with van der Waals surface area (Å²) >= 11 is 0. The van der Waals surface area contributed by atoms with Crippen LogP contribution >= 0.6 is 0 Å². The molecule has 0 amide bonds. The van der Waals surface area contributed by atoms with Gasteiger partial charge in [0.1, 0.15) is 0 Å². The Morgan fingerprint density at radius 2 is 1.90 bits per heavy atom. The van der Waals surface area contributed by atoms with E-state index >= 15 is 0 Å². The molecule has 0 aliphatic rings. The molecule has 0 aromatic heterocycles. The highest BCUT2D eigenvalue weighted by Gasteiger charge is 2.03. The number of hydrogen-bond acceptors (Lipinski definition) is 1. The molecule has 0 heterocycles. The molecule has 2 aromatic rings. The van der Waals surface area contributed by atoms with Crippen LogP contribution in [0.1, 0.15) is 25.8 Å². The second-order valence-electron chi connectivity index (χ2n) is 5.34. The Morgan fingerprint density at radius 3 is 2.67 bits per heavy atom. The summed E-state index contributed by atoms with van der Waals surface area (Å²) in [6, 6.07) is 15.5. The van der Waals surface area contributed by atoms with Gasteiger partial charge in [-0.05, 0) is 36.1 Å². The summed E-state index contributed by atoms with van der Waals surface area (Å²) in [7, 11) is 1.82. The van der Waals surface area contributed by atoms with Gasteiger partial charge < -0.3 is 10.6 Å². The molecule has 3 nitrogen and oxygen atoms in total. The molecule has 0 fully saturated rings. The standard InChI is InChI=1S/C18H25N3/c1-4-14(2)21-18(19-3)20-13-12-16-10-7-9-15-8-5-6-11-17(15)16/h5-11,14H,4,12-13H2,1-3H3,(H2,19,20,21). The Hall–Kier alpha value is -2.03. The van der Waals surface area contributed by atoms with E-state index in [1.54, 1.807) is 0 Å². The van der Waals surface area contributed by atoms with Crippen molar-refractivity contribution in [3.63, 3.8) is 0 Å². The molecule has 2 rings (SSSR count). The van der Waals surface area contributed by atoms with Crippen molar-refractivity contribution in [2.24, 2.45) is 4.99 Å². The number of guanidine groups is 1. The molecule has 0 spiro atoms. The van der Waals surface area contributed by atoms with E-state index in [4.69, 9.17) is 0 Å². The van der Waals surface area contributed by atoms with Gasteiger partial charge in [-0.2, -0.15) is 0 Å². The average molecular weight is 283 g/mol. The first-order chi connectivity index (χ1) is 10.2. The van der Waals surface area contributed by atoms with Crippen molar-refractivity contribution >= 4 is 16.7 Å². The predicted molar refractivity (Wildman–Crippen MR) is 91.9 cm³/mol. The zero-order chi connectivity index (χ0) is 15.1. The van der Waals surface area contributed by atoms with Crippen LogP contribution < -0.4 is 10.6 Å². The van der Waals surface area contributed by atoms with Gasteiger partial charge >= 0.3 is 0 Å². The maximum atomic E-state index is 4.26. The third kappa shape index (κ3) is 4.22. The second kappa shape index (κ2) is 7.67. The number of rotatable bonds is 5. The fourth-order valence-electron chi connectivity index (χ4n) is 2.36. The highest BCUT2D eigenvalue weighted by molar-refractivity contribution is 5.85. The summed E-state index contributed by atoms with van der Waals surface area (Å²) in [5.41, 5.74) is 1.37. The normalized spacial score (nSPS) is 13.2. The van der Waals surface area contributed by atoms with Crippen LogP contribution in [0.3, 0.4) is 0 Å². The smallest absolute Gasteiger partial charge is 0.191 e. The van der Waals surface area contributed by atoms with E-state index in [1.807, 2.05) is 7.05 Å². The van der Waals surface area contributed by atoms with Crippen molar-refractivity contribution in [3.05, 3.63) is 48.0 Å². The maximum absolute atomic E-state index is 4.26. The lowest BCUT2D eigenvalue weighted by molar-refractivity contribution is 0.624. The largest absolute Gasteiger partial charge is 0.356 e. The Bertz CT molecular complexity index is 599. The van der Waals surface area contributed by atoms with E-state index in [0.29, 0.717) is 6.04 Å². The first kappa shape index (κ1) is 15.4. The number of benzene rings is 2. The van der Waals surface area contributed by atoms with Gasteiger partial charge in [0.05, 0.1) is 0 Å². The Labute approximate surface area is 127 Å². The van der Waals surface area contributed by atoms with Gasteiger partial charge in [-0.3, -0.25) is 4.99 Å². The van der Waals surface area contributed by atoms with Gasteiger partial charge in [0.25, 0.3) is 0 Å². The zero-order valence-electron chi connectivity index (χ0n) is 13.2. The molecule has 3 heteroatoms. The Balaban J connectivity index is 1.96. The molecule has 21 heavy (non-hydrogen) atoms. The highest BCUT2D eigenvalue weighted by Crippen LogP contribution is 2.18. The van der Waals surface area contributed by atoms with Crippen LogP contribution in [0.25, 0.3) is 10.8 Å². The van der Waals surface area contributed by atoms with Gasteiger partial charge in [-0.15, -0.1) is 0 Å². The van der Waals surface area contributed by atoms with E-state index in [0.717, 1.165) is 25.3 Å². The molecule has 112 valence electrons. The van der Waals surface area contributed by atoms with Gasteiger partial charge in [-0.25, -0.2) is 0 Å². The SMILES string of the molecule is CCC(C)NC(=NC)NCCc1cccc2ccccc12. The lowest BCUT2D eigenvalue weighted by Gasteiger charge is -2.16. The van der Waals surface area contributed by atoms with Crippen molar-refractivity contribution in [1.82, 2.24) is 10.6 Å². The molecule has 0 saturated heterocycles. The van der Waals surface area contributed by atoms with Gasteiger partial charge in [0, 0.05) is 19.6 Å². The fourth-order valence-corrected chi connectivity index (χ4v) is 2.36. The van der Waals surface area contributed by atoms with Crippen LogP contribution in [-0.4, -0.2) is 25.6 Å². The Morgan fingerprint density at radius 1 is 1.14 bits per heavy atom. The van der Waals surface area contributed by atoms with Crippen LogP contribution in [-0.2, 0) is 6.42 Å². The number of nitrogens with zero attached hydrogens (tertiary/aromatic N) is 1. The van der Waals surface area contributed by atoms with Crippen LogP contribution in [0, 0.1) is 0 Å². The lowest BCUT2D eigenvalue weighted by atomic mass is 10.0. The van der Waals surface area contributed by atoms with Crippen molar-refractivity contribution < 1.29 is 0 Å². The van der Waals surface area contributed by atoms with Crippen molar-refractivity contribution in [2.45, 2.75) is 32.7 Å². The minimum absolute atomic E-state index is 0.439. The summed E-state index contributed by atoms with van der Waals surface area (Å²) in [5.74, 6) is 0.879. The molecule has 2 aromatic carbocycles. The lowest BCUT2D eigenvalue weighted by Crippen LogP contribution is -2.42. The van der Waals surface area contributed by atoms with Crippen LogP contribution in [0.2, 0.25) is 0 Å². The number of fused-ring (bicyclic) bond motifs is 1. The average Bonchev–Trinajstić information content (AvgIpc) is 2.53. The zero-order valence-corrected chi connectivity index (χ0v) is 13.2. The monoisotopic (exact) mass is 283 g/mol. The molecule has 0 aliphatic heterocycles. The van der Waals surface area contributed by atoms with Gasteiger partial charge in [-0.1, -0.05) is 49.4 Å². The molecular weight excluding hydrogens is 258 g/mol. The summed E-state index contributed by atoms with van der Waals surface area (Å²) in [6.45, 7) is 5.21. The predicted octanol–water partition coefficient (Wildman–Crippen LogP) is 3.35. The van der Waals surface area contributed by atoms with E-state index in [1.165, 1.54) is 16.3 Å². The summed E-state index contributed by atoms with van der Waals surface area (Å²) in [5, 5.41) is 9.41.